The van der Waals surface area contributed by atoms with E-state index >= 15 is 0 Å². The highest BCUT2D eigenvalue weighted by molar-refractivity contribution is 5.99. The van der Waals surface area contributed by atoms with E-state index in [0.29, 0.717) is 6.54 Å². The number of piperidine rings is 1. The zero-order valence-electron chi connectivity index (χ0n) is 15.0. The van der Waals surface area contributed by atoms with Gasteiger partial charge in [-0.15, -0.1) is 6.58 Å². The van der Waals surface area contributed by atoms with Crippen molar-refractivity contribution < 1.29 is 9.59 Å². The molecule has 4 heteroatoms. The summed E-state index contributed by atoms with van der Waals surface area (Å²) in [5, 5.41) is 2.84. The predicted molar refractivity (Wildman–Crippen MR) is 97.2 cm³/mol. The number of nitrogens with zero attached hydrogens (tertiary/aromatic N) is 1. The Kier molecular flexibility index (Phi) is 6.32. The van der Waals surface area contributed by atoms with Gasteiger partial charge in [-0.2, -0.15) is 0 Å². The Bertz CT molecular complexity index is 616. The zero-order chi connectivity index (χ0) is 17.7. The third-order valence-corrected chi connectivity index (χ3v) is 4.90. The summed E-state index contributed by atoms with van der Waals surface area (Å²) >= 11 is 0. The maximum Gasteiger partial charge on any atom is 0.237 e. The topological polar surface area (TPSA) is 49.4 Å². The Hall–Kier alpha value is -1.94. The summed E-state index contributed by atoms with van der Waals surface area (Å²) in [5.41, 5.74) is 3.08. The molecule has 1 saturated heterocycles. The van der Waals surface area contributed by atoms with E-state index in [1.165, 1.54) is 5.56 Å². The fraction of sp³-hybridized carbons (Fsp3) is 0.500. The van der Waals surface area contributed by atoms with Crippen molar-refractivity contribution in [2.75, 3.05) is 19.6 Å². The number of ketones is 1. The van der Waals surface area contributed by atoms with Crippen molar-refractivity contribution in [1.82, 2.24) is 10.2 Å². The number of carbonyl (C=O) groups is 2. The highest BCUT2D eigenvalue weighted by Gasteiger charge is 2.30. The molecule has 1 atom stereocenters. The molecule has 130 valence electrons. The lowest BCUT2D eigenvalue weighted by atomic mass is 9.86. The van der Waals surface area contributed by atoms with E-state index in [1.807, 2.05) is 32.9 Å². The molecule has 0 spiro atoms. The van der Waals surface area contributed by atoms with Crippen LogP contribution in [0.4, 0.5) is 0 Å². The van der Waals surface area contributed by atoms with Gasteiger partial charge < -0.3 is 5.32 Å². The molecular formula is C20H28N2O2. The van der Waals surface area contributed by atoms with Gasteiger partial charge in [0.15, 0.2) is 5.78 Å². The molecule has 0 bridgehead atoms. The van der Waals surface area contributed by atoms with E-state index in [2.05, 4.69) is 22.9 Å². The first kappa shape index (κ1) is 18.4. The molecule has 2 rings (SSSR count). The number of benzene rings is 1. The van der Waals surface area contributed by atoms with E-state index in [-0.39, 0.29) is 23.7 Å². The average molecular weight is 328 g/mol. The van der Waals surface area contributed by atoms with E-state index in [1.54, 1.807) is 6.08 Å². The summed E-state index contributed by atoms with van der Waals surface area (Å²) < 4.78 is 0. The molecule has 1 aromatic rings. The van der Waals surface area contributed by atoms with E-state index in [9.17, 15) is 9.59 Å². The maximum atomic E-state index is 12.8. The zero-order valence-corrected chi connectivity index (χ0v) is 15.0. The van der Waals surface area contributed by atoms with Crippen molar-refractivity contribution in [2.45, 2.75) is 39.7 Å². The van der Waals surface area contributed by atoms with Gasteiger partial charge in [0.2, 0.25) is 5.91 Å². The molecule has 1 N–H and O–H groups in total. The van der Waals surface area contributed by atoms with E-state index in [4.69, 9.17) is 0 Å². The summed E-state index contributed by atoms with van der Waals surface area (Å²) in [6.07, 6.45) is 3.30. The molecule has 1 amide bonds. The van der Waals surface area contributed by atoms with Crippen molar-refractivity contribution in [1.29, 1.82) is 0 Å². The molecule has 1 heterocycles. The second kappa shape index (κ2) is 8.25. The van der Waals surface area contributed by atoms with Crippen LogP contribution >= 0.6 is 0 Å². The van der Waals surface area contributed by atoms with Gasteiger partial charge in [-0.05, 0) is 52.3 Å². The summed E-state index contributed by atoms with van der Waals surface area (Å²) in [7, 11) is 0. The highest BCUT2D eigenvalue weighted by Crippen LogP contribution is 2.24. The van der Waals surface area contributed by atoms with Crippen LogP contribution in [0.25, 0.3) is 0 Å². The number of hydrogen-bond acceptors (Lipinski definition) is 3. The highest BCUT2D eigenvalue weighted by atomic mass is 16.2. The molecule has 24 heavy (non-hydrogen) atoms. The van der Waals surface area contributed by atoms with Crippen LogP contribution in [-0.2, 0) is 4.79 Å². The molecule has 0 aliphatic carbocycles. The predicted octanol–water partition coefficient (Wildman–Crippen LogP) is 2.89. The number of likely N-dealkylation sites (tertiary alicyclic amines) is 1. The molecule has 4 nitrogen and oxygen atoms in total. The second-order valence-corrected chi connectivity index (χ2v) is 6.70. The minimum atomic E-state index is -0.165. The van der Waals surface area contributed by atoms with Gasteiger partial charge in [-0.25, -0.2) is 0 Å². The average Bonchev–Trinajstić information content (AvgIpc) is 2.58. The number of aryl methyl sites for hydroxylation is 2. The van der Waals surface area contributed by atoms with Gasteiger partial charge in [-0.3, -0.25) is 14.5 Å². The lowest BCUT2D eigenvalue weighted by molar-refractivity contribution is -0.126. The van der Waals surface area contributed by atoms with Crippen LogP contribution in [0.15, 0.2) is 30.9 Å². The Morgan fingerprint density at radius 2 is 2.00 bits per heavy atom. The Morgan fingerprint density at radius 1 is 1.33 bits per heavy atom. The van der Waals surface area contributed by atoms with Crippen LogP contribution in [0, 0.1) is 19.8 Å². The van der Waals surface area contributed by atoms with Crippen LogP contribution in [0.1, 0.15) is 41.3 Å². The Labute approximate surface area is 144 Å². The van der Waals surface area contributed by atoms with Crippen LogP contribution in [0.5, 0.6) is 0 Å². The summed E-state index contributed by atoms with van der Waals surface area (Å²) in [5.74, 6) is 0.330. The van der Waals surface area contributed by atoms with Crippen molar-refractivity contribution in [2.24, 2.45) is 5.92 Å². The van der Waals surface area contributed by atoms with Gasteiger partial charge in [0.25, 0.3) is 0 Å². The largest absolute Gasteiger partial charge is 0.351 e. The number of carbonyl (C=O) groups excluding carboxylic acids is 2. The molecule has 1 aliphatic heterocycles. The monoisotopic (exact) mass is 328 g/mol. The van der Waals surface area contributed by atoms with Crippen LogP contribution in [-0.4, -0.2) is 42.3 Å². The van der Waals surface area contributed by atoms with Crippen molar-refractivity contribution in [3.63, 3.8) is 0 Å². The quantitative estimate of drug-likeness (QED) is 0.645. The number of nitrogens with one attached hydrogen (secondary N) is 1. The number of hydrogen-bond donors (Lipinski definition) is 1. The second-order valence-electron chi connectivity index (χ2n) is 6.70. The first-order valence-corrected chi connectivity index (χ1v) is 8.68. The lowest BCUT2D eigenvalue weighted by Gasteiger charge is -2.34. The third-order valence-electron chi connectivity index (χ3n) is 4.90. The number of Topliss-reactive ketones (excluding diaryl/α,β-unsaturated/α-hetero) is 1. The fourth-order valence-corrected chi connectivity index (χ4v) is 3.35. The number of rotatable bonds is 6. The molecule has 1 fully saturated rings. The first-order valence-electron chi connectivity index (χ1n) is 8.68. The van der Waals surface area contributed by atoms with Gasteiger partial charge in [0.05, 0.1) is 6.04 Å². The van der Waals surface area contributed by atoms with Crippen LogP contribution in [0.2, 0.25) is 0 Å². The normalized spacial score (nSPS) is 17.3. The van der Waals surface area contributed by atoms with Gasteiger partial charge in [-0.1, -0.05) is 29.8 Å². The minimum Gasteiger partial charge on any atom is -0.351 e. The molecule has 1 aliphatic rings. The summed E-state index contributed by atoms with van der Waals surface area (Å²) in [6.45, 7) is 11.6. The summed E-state index contributed by atoms with van der Waals surface area (Å²) in [4.78, 5) is 27.0. The first-order chi connectivity index (χ1) is 11.4. The van der Waals surface area contributed by atoms with Gasteiger partial charge in [0, 0.05) is 18.0 Å². The molecule has 1 aromatic carbocycles. The Morgan fingerprint density at radius 3 is 2.58 bits per heavy atom. The van der Waals surface area contributed by atoms with Crippen LogP contribution in [0.3, 0.4) is 0 Å². The molecule has 1 unspecified atom stereocenters. The molecule has 0 aromatic heterocycles. The standard InChI is InChI=1S/C20H28N2O2/c1-5-10-21-20(24)16(4)22-11-8-17(9-12-22)19(23)18-7-6-14(2)13-15(18)3/h5-7,13,16-17H,1,8-12H2,2-4H3,(H,21,24). The molecule has 0 saturated carbocycles. The molecule has 0 radical (unpaired) electrons. The third kappa shape index (κ3) is 4.32. The SMILES string of the molecule is C=CCNC(=O)C(C)N1CCC(C(=O)c2ccc(C)cc2C)CC1. The van der Waals surface area contributed by atoms with Crippen molar-refractivity contribution in [3.05, 3.63) is 47.5 Å². The fourth-order valence-electron chi connectivity index (χ4n) is 3.35. The van der Waals surface area contributed by atoms with Gasteiger partial charge >= 0.3 is 0 Å². The molecular weight excluding hydrogens is 300 g/mol. The van der Waals surface area contributed by atoms with Crippen molar-refractivity contribution >= 4 is 11.7 Å². The van der Waals surface area contributed by atoms with E-state index in [0.717, 1.165) is 37.1 Å². The van der Waals surface area contributed by atoms with Crippen molar-refractivity contribution in [3.8, 4) is 0 Å². The maximum absolute atomic E-state index is 12.8. The summed E-state index contributed by atoms with van der Waals surface area (Å²) in [6, 6.07) is 5.85. The smallest absolute Gasteiger partial charge is 0.237 e. The minimum absolute atomic E-state index is 0.0223. The number of amides is 1. The van der Waals surface area contributed by atoms with E-state index < -0.39 is 0 Å². The van der Waals surface area contributed by atoms with Crippen LogP contribution < -0.4 is 5.32 Å². The van der Waals surface area contributed by atoms with Gasteiger partial charge in [0.1, 0.15) is 0 Å². The lowest BCUT2D eigenvalue weighted by Crippen LogP contribution is -2.49. The Balaban J connectivity index is 1.93.